The van der Waals surface area contributed by atoms with Crippen molar-refractivity contribution in [2.45, 2.75) is 26.1 Å². The maximum Gasteiger partial charge on any atom is 0.194 e. The zero-order valence-corrected chi connectivity index (χ0v) is 14.2. The van der Waals surface area contributed by atoms with E-state index in [-0.39, 0.29) is 11.9 Å². The molecule has 1 aliphatic heterocycles. The van der Waals surface area contributed by atoms with Gasteiger partial charge in [-0.15, -0.1) is 0 Å². The fourth-order valence-corrected chi connectivity index (χ4v) is 3.17. The molecule has 2 aromatic carbocycles. The van der Waals surface area contributed by atoms with Crippen LogP contribution in [0.15, 0.2) is 48.5 Å². The molecule has 3 nitrogen and oxygen atoms in total. The Bertz CT molecular complexity index is 950. The number of nitrogens with zero attached hydrogens (tertiary/aromatic N) is 1. The zero-order chi connectivity index (χ0) is 16.8. The van der Waals surface area contributed by atoms with E-state index in [9.17, 15) is 4.79 Å². The van der Waals surface area contributed by atoms with Crippen molar-refractivity contribution in [2.75, 3.05) is 0 Å². The molecular weight excluding hydrogens is 322 g/mol. The monoisotopic (exact) mass is 337 g/mol. The van der Waals surface area contributed by atoms with Crippen LogP contribution in [0, 0.1) is 13.8 Å². The van der Waals surface area contributed by atoms with E-state index in [0.717, 1.165) is 27.6 Å². The van der Waals surface area contributed by atoms with Gasteiger partial charge < -0.3 is 4.74 Å². The van der Waals surface area contributed by atoms with Gasteiger partial charge in [0.2, 0.25) is 0 Å². The Morgan fingerprint density at radius 3 is 2.50 bits per heavy atom. The lowest BCUT2D eigenvalue weighted by Gasteiger charge is -2.05. The predicted molar refractivity (Wildman–Crippen MR) is 94.6 cm³/mol. The summed E-state index contributed by atoms with van der Waals surface area (Å²) in [5.41, 5.74) is 4.56. The zero-order valence-electron chi connectivity index (χ0n) is 13.4. The second kappa shape index (κ2) is 5.69. The van der Waals surface area contributed by atoms with Gasteiger partial charge in [0.05, 0.1) is 5.52 Å². The van der Waals surface area contributed by atoms with E-state index in [1.54, 1.807) is 0 Å². The van der Waals surface area contributed by atoms with Crippen molar-refractivity contribution in [2.24, 2.45) is 0 Å². The van der Waals surface area contributed by atoms with Crippen LogP contribution in [0.2, 0.25) is 5.15 Å². The summed E-state index contributed by atoms with van der Waals surface area (Å²) in [5, 5.41) is 1.40. The van der Waals surface area contributed by atoms with Crippen molar-refractivity contribution in [3.8, 4) is 0 Å². The number of hydrogen-bond donors (Lipinski definition) is 0. The molecule has 3 aromatic rings. The van der Waals surface area contributed by atoms with Gasteiger partial charge in [-0.05, 0) is 32.0 Å². The van der Waals surface area contributed by atoms with E-state index in [0.29, 0.717) is 10.7 Å². The highest BCUT2D eigenvalue weighted by atomic mass is 35.5. The van der Waals surface area contributed by atoms with Gasteiger partial charge in [0.15, 0.2) is 11.9 Å². The lowest BCUT2D eigenvalue weighted by molar-refractivity contribution is 0.0953. The number of aromatic nitrogens is 1. The quantitative estimate of drug-likeness (QED) is 0.390. The van der Waals surface area contributed by atoms with Crippen LogP contribution in [0.5, 0.6) is 0 Å². The number of fused-ring (bicyclic) bond motifs is 1. The summed E-state index contributed by atoms with van der Waals surface area (Å²) in [4.78, 5) is 17.0. The maximum atomic E-state index is 12.5. The lowest BCUT2D eigenvalue weighted by atomic mass is 10.0. The van der Waals surface area contributed by atoms with Crippen LogP contribution in [0.25, 0.3) is 10.9 Å². The Hall–Kier alpha value is -2.23. The molecule has 0 amide bonds. The molecule has 0 N–H and O–H groups in total. The SMILES string of the molecule is Cc1ccc(C(=O)[C@@H]2O[C@@H]2c2cc3cc(C)ccc3nc2Cl)cc1. The number of hydrogen-bond acceptors (Lipinski definition) is 3. The molecule has 2 heterocycles. The van der Waals surface area contributed by atoms with Gasteiger partial charge in [-0.25, -0.2) is 4.98 Å². The number of Topliss-reactive ketones (excluding diaryl/α,β-unsaturated/α-hetero) is 1. The van der Waals surface area contributed by atoms with Crippen LogP contribution in [0.4, 0.5) is 0 Å². The molecule has 2 atom stereocenters. The van der Waals surface area contributed by atoms with Crippen molar-refractivity contribution in [1.82, 2.24) is 4.98 Å². The molecule has 0 aliphatic carbocycles. The number of ether oxygens (including phenoxy) is 1. The fourth-order valence-electron chi connectivity index (χ4n) is 2.92. The van der Waals surface area contributed by atoms with Gasteiger partial charge in [-0.1, -0.05) is 53.1 Å². The van der Waals surface area contributed by atoms with Crippen molar-refractivity contribution < 1.29 is 9.53 Å². The molecule has 1 fully saturated rings. The number of epoxide rings is 1. The van der Waals surface area contributed by atoms with Gasteiger partial charge >= 0.3 is 0 Å². The third-order valence-corrected chi connectivity index (χ3v) is 4.65. The first-order valence-electron chi connectivity index (χ1n) is 7.86. The smallest absolute Gasteiger partial charge is 0.194 e. The van der Waals surface area contributed by atoms with Gasteiger partial charge in [0.1, 0.15) is 11.3 Å². The molecule has 4 heteroatoms. The summed E-state index contributed by atoms with van der Waals surface area (Å²) in [6, 6.07) is 15.5. The van der Waals surface area contributed by atoms with Crippen LogP contribution < -0.4 is 0 Å². The predicted octanol–water partition coefficient (Wildman–Crippen LogP) is 4.83. The Kier molecular flexibility index (Phi) is 3.63. The highest BCUT2D eigenvalue weighted by molar-refractivity contribution is 6.30. The number of aryl methyl sites for hydroxylation is 2. The first-order chi connectivity index (χ1) is 11.5. The highest BCUT2D eigenvalue weighted by Gasteiger charge is 2.47. The van der Waals surface area contributed by atoms with Gasteiger partial charge in [-0.3, -0.25) is 4.79 Å². The van der Waals surface area contributed by atoms with E-state index < -0.39 is 6.10 Å². The first kappa shape index (κ1) is 15.3. The Balaban J connectivity index is 1.63. The number of benzene rings is 2. The second-order valence-electron chi connectivity index (χ2n) is 6.27. The van der Waals surface area contributed by atoms with E-state index in [2.05, 4.69) is 11.1 Å². The van der Waals surface area contributed by atoms with Crippen molar-refractivity contribution in [3.63, 3.8) is 0 Å². The summed E-state index contributed by atoms with van der Waals surface area (Å²) in [6.45, 7) is 4.03. The summed E-state index contributed by atoms with van der Waals surface area (Å²) < 4.78 is 5.64. The minimum atomic E-state index is -0.478. The number of carbonyl (C=O) groups is 1. The Morgan fingerprint density at radius 1 is 1.04 bits per heavy atom. The van der Waals surface area contributed by atoms with E-state index in [1.807, 2.05) is 56.3 Å². The number of halogens is 1. The molecule has 120 valence electrons. The molecule has 24 heavy (non-hydrogen) atoms. The van der Waals surface area contributed by atoms with Crippen LogP contribution in [0.3, 0.4) is 0 Å². The minimum absolute atomic E-state index is 0.0135. The van der Waals surface area contributed by atoms with E-state index >= 15 is 0 Å². The molecule has 4 rings (SSSR count). The fraction of sp³-hybridized carbons (Fsp3) is 0.200. The standard InChI is InChI=1S/C20H16ClNO2/c1-11-3-6-13(7-4-11)17(23)19-18(24-19)15-10-14-9-12(2)5-8-16(14)22-20(15)21/h3-10,18-19H,1-2H3/t18-,19+/m1/s1. The Morgan fingerprint density at radius 2 is 1.75 bits per heavy atom. The number of pyridine rings is 1. The van der Waals surface area contributed by atoms with Crippen LogP contribution in [0.1, 0.15) is 33.2 Å². The summed E-state index contributed by atoms with van der Waals surface area (Å²) in [7, 11) is 0. The normalized spacial score (nSPS) is 19.5. The number of ketones is 1. The molecular formula is C20H16ClNO2. The average molecular weight is 338 g/mol. The third-order valence-electron chi connectivity index (χ3n) is 4.34. The van der Waals surface area contributed by atoms with Crippen molar-refractivity contribution in [1.29, 1.82) is 0 Å². The second-order valence-corrected chi connectivity index (χ2v) is 6.63. The molecule has 0 radical (unpaired) electrons. The largest absolute Gasteiger partial charge is 0.356 e. The Labute approximate surface area is 145 Å². The van der Waals surface area contributed by atoms with Crippen LogP contribution >= 0.6 is 11.6 Å². The molecule has 0 saturated carbocycles. The summed E-state index contributed by atoms with van der Waals surface area (Å²) in [5.74, 6) is -0.0135. The molecule has 1 aromatic heterocycles. The van der Waals surface area contributed by atoms with Crippen LogP contribution in [-0.2, 0) is 4.74 Å². The minimum Gasteiger partial charge on any atom is -0.356 e. The molecule has 1 aliphatic rings. The lowest BCUT2D eigenvalue weighted by Crippen LogP contribution is -2.08. The molecule has 0 bridgehead atoms. The van der Waals surface area contributed by atoms with Gasteiger partial charge in [0.25, 0.3) is 0 Å². The van der Waals surface area contributed by atoms with Crippen molar-refractivity contribution >= 4 is 28.3 Å². The third kappa shape index (κ3) is 2.70. The summed E-state index contributed by atoms with van der Waals surface area (Å²) >= 11 is 6.31. The van der Waals surface area contributed by atoms with E-state index in [4.69, 9.17) is 16.3 Å². The maximum absolute atomic E-state index is 12.5. The summed E-state index contributed by atoms with van der Waals surface area (Å²) in [6.07, 6.45) is -0.794. The number of rotatable bonds is 3. The molecule has 1 saturated heterocycles. The van der Waals surface area contributed by atoms with E-state index in [1.165, 1.54) is 0 Å². The topological polar surface area (TPSA) is 42.5 Å². The van der Waals surface area contributed by atoms with Crippen LogP contribution in [-0.4, -0.2) is 16.9 Å². The number of carbonyl (C=O) groups excluding carboxylic acids is 1. The first-order valence-corrected chi connectivity index (χ1v) is 8.24. The highest BCUT2D eigenvalue weighted by Crippen LogP contribution is 2.43. The van der Waals surface area contributed by atoms with Gasteiger partial charge in [-0.2, -0.15) is 0 Å². The van der Waals surface area contributed by atoms with Crippen molar-refractivity contribution in [3.05, 3.63) is 75.9 Å². The molecule has 0 unspecified atom stereocenters. The van der Waals surface area contributed by atoms with Gasteiger partial charge in [0, 0.05) is 16.5 Å². The molecule has 0 spiro atoms. The average Bonchev–Trinajstić information content (AvgIpc) is 3.35.